The zero-order valence-corrected chi connectivity index (χ0v) is 10.5. The van der Waals surface area contributed by atoms with Crippen molar-refractivity contribution < 1.29 is 27.8 Å². The summed E-state index contributed by atoms with van der Waals surface area (Å²) in [5.74, 6) is 0.00971. The molecule has 0 aliphatic carbocycles. The molecule has 0 bridgehead atoms. The van der Waals surface area contributed by atoms with Crippen molar-refractivity contribution in [3.05, 3.63) is 24.3 Å². The first-order valence-corrected chi connectivity index (χ1v) is 5.86. The van der Waals surface area contributed by atoms with Crippen LogP contribution in [0.25, 0.3) is 0 Å². The Morgan fingerprint density at radius 1 is 1.35 bits per heavy atom. The van der Waals surface area contributed by atoms with Crippen molar-refractivity contribution in [2.75, 3.05) is 25.1 Å². The number of aliphatic hydroxyl groups is 1. The van der Waals surface area contributed by atoms with Gasteiger partial charge in [0.2, 0.25) is 0 Å². The Balaban J connectivity index is 2.49. The Kier molecular flexibility index (Phi) is 6.10. The number of carbonyl (C=O) groups is 1. The highest BCUT2D eigenvalue weighted by molar-refractivity contribution is 5.89. The molecule has 112 valence electrons. The number of urea groups is 1. The number of halogens is 3. The molecular weight excluding hydrogens is 277 g/mol. The van der Waals surface area contributed by atoms with Crippen LogP contribution in [0, 0.1) is 0 Å². The van der Waals surface area contributed by atoms with E-state index >= 15 is 0 Å². The van der Waals surface area contributed by atoms with Crippen LogP contribution in [0.5, 0.6) is 5.75 Å². The highest BCUT2D eigenvalue weighted by atomic mass is 19.4. The number of alkyl halides is 3. The van der Waals surface area contributed by atoms with Gasteiger partial charge in [-0.3, -0.25) is 0 Å². The van der Waals surface area contributed by atoms with Gasteiger partial charge in [-0.25, -0.2) is 4.79 Å². The molecule has 1 rings (SSSR count). The molecule has 1 aromatic rings. The normalized spacial score (nSPS) is 11.0. The number of hydrogen-bond donors (Lipinski definition) is 3. The zero-order chi connectivity index (χ0) is 15.0. The van der Waals surface area contributed by atoms with Gasteiger partial charge in [0.05, 0.1) is 0 Å². The second-order valence-electron chi connectivity index (χ2n) is 3.89. The fourth-order valence-corrected chi connectivity index (χ4v) is 1.29. The van der Waals surface area contributed by atoms with E-state index in [2.05, 4.69) is 15.4 Å². The summed E-state index contributed by atoms with van der Waals surface area (Å²) in [6, 6.07) is 5.13. The van der Waals surface area contributed by atoms with E-state index in [1.165, 1.54) is 24.3 Å². The van der Waals surface area contributed by atoms with Gasteiger partial charge >= 0.3 is 12.2 Å². The van der Waals surface area contributed by atoms with E-state index in [0.29, 0.717) is 18.7 Å². The fourth-order valence-electron chi connectivity index (χ4n) is 1.29. The first-order chi connectivity index (χ1) is 9.40. The minimum absolute atomic E-state index is 0.00971. The highest BCUT2D eigenvalue weighted by Gasteiger charge is 2.28. The lowest BCUT2D eigenvalue weighted by Gasteiger charge is -2.11. The minimum atomic E-state index is -4.41. The van der Waals surface area contributed by atoms with Crippen LogP contribution in [0.4, 0.5) is 23.7 Å². The Morgan fingerprint density at radius 3 is 2.75 bits per heavy atom. The lowest BCUT2D eigenvalue weighted by Crippen LogP contribution is -2.29. The topological polar surface area (TPSA) is 70.6 Å². The largest absolute Gasteiger partial charge is 0.484 e. The zero-order valence-electron chi connectivity index (χ0n) is 10.5. The number of benzene rings is 1. The van der Waals surface area contributed by atoms with Crippen molar-refractivity contribution in [2.24, 2.45) is 0 Å². The van der Waals surface area contributed by atoms with Gasteiger partial charge in [0.25, 0.3) is 0 Å². The molecule has 0 heterocycles. The minimum Gasteiger partial charge on any atom is -0.484 e. The van der Waals surface area contributed by atoms with Crippen LogP contribution in [-0.4, -0.2) is 37.1 Å². The Hall–Kier alpha value is -1.96. The van der Waals surface area contributed by atoms with Gasteiger partial charge in [0, 0.05) is 24.9 Å². The van der Waals surface area contributed by atoms with Crippen LogP contribution in [0.2, 0.25) is 0 Å². The Labute approximate surface area is 113 Å². The summed E-state index contributed by atoms with van der Waals surface area (Å²) in [5, 5.41) is 13.5. The van der Waals surface area contributed by atoms with Crippen LogP contribution in [0.3, 0.4) is 0 Å². The van der Waals surface area contributed by atoms with Gasteiger partial charge in [0.1, 0.15) is 5.75 Å². The molecule has 3 N–H and O–H groups in total. The van der Waals surface area contributed by atoms with Crippen LogP contribution in [-0.2, 0) is 0 Å². The van der Waals surface area contributed by atoms with Gasteiger partial charge in [-0.15, -0.1) is 0 Å². The number of amides is 2. The molecule has 20 heavy (non-hydrogen) atoms. The van der Waals surface area contributed by atoms with Crippen molar-refractivity contribution in [1.29, 1.82) is 0 Å². The van der Waals surface area contributed by atoms with Gasteiger partial charge in [0.15, 0.2) is 6.61 Å². The molecule has 2 amide bonds. The summed E-state index contributed by atoms with van der Waals surface area (Å²) in [5.41, 5.74) is 0.311. The molecular formula is C12H15F3N2O3. The van der Waals surface area contributed by atoms with E-state index in [1.807, 2.05) is 0 Å². The molecule has 0 saturated carbocycles. The first kappa shape index (κ1) is 16.1. The summed E-state index contributed by atoms with van der Waals surface area (Å²) in [4.78, 5) is 11.4. The predicted octanol–water partition coefficient (Wildman–Crippen LogP) is 2.13. The molecule has 0 spiro atoms. The molecule has 0 fully saturated rings. The summed E-state index contributed by atoms with van der Waals surface area (Å²) in [6.07, 6.45) is -3.99. The maximum absolute atomic E-state index is 12.0. The van der Waals surface area contributed by atoms with Gasteiger partial charge in [-0.2, -0.15) is 13.2 Å². The molecule has 8 heteroatoms. The molecule has 5 nitrogen and oxygen atoms in total. The summed E-state index contributed by atoms with van der Waals surface area (Å²) < 4.78 is 40.6. The quantitative estimate of drug-likeness (QED) is 0.703. The van der Waals surface area contributed by atoms with Crippen molar-refractivity contribution in [1.82, 2.24) is 5.32 Å². The molecule has 0 radical (unpaired) electrons. The number of aliphatic hydroxyl groups excluding tert-OH is 1. The second-order valence-corrected chi connectivity index (χ2v) is 3.89. The van der Waals surface area contributed by atoms with Crippen LogP contribution in [0.15, 0.2) is 24.3 Å². The van der Waals surface area contributed by atoms with Crippen molar-refractivity contribution in [3.63, 3.8) is 0 Å². The predicted molar refractivity (Wildman–Crippen MR) is 66.7 cm³/mol. The van der Waals surface area contributed by atoms with E-state index in [0.717, 1.165) is 0 Å². The van der Waals surface area contributed by atoms with Crippen molar-refractivity contribution >= 4 is 11.7 Å². The number of hydrogen-bond acceptors (Lipinski definition) is 3. The van der Waals surface area contributed by atoms with Gasteiger partial charge in [-0.1, -0.05) is 6.07 Å². The Morgan fingerprint density at radius 2 is 2.10 bits per heavy atom. The highest BCUT2D eigenvalue weighted by Crippen LogP contribution is 2.21. The lowest BCUT2D eigenvalue weighted by atomic mass is 10.3. The van der Waals surface area contributed by atoms with Crippen LogP contribution < -0.4 is 15.4 Å². The molecule has 0 unspecified atom stereocenters. The SMILES string of the molecule is O=C(NCCCO)Nc1cccc(OCC(F)(F)F)c1. The summed E-state index contributed by atoms with van der Waals surface area (Å²) in [6.45, 7) is -1.13. The smallest absolute Gasteiger partial charge is 0.422 e. The average molecular weight is 292 g/mol. The van der Waals surface area contributed by atoms with E-state index in [9.17, 15) is 18.0 Å². The number of rotatable bonds is 6. The Bertz CT molecular complexity index is 438. The number of ether oxygens (including phenoxy) is 1. The lowest BCUT2D eigenvalue weighted by molar-refractivity contribution is -0.153. The third kappa shape index (κ3) is 6.83. The monoisotopic (exact) mass is 292 g/mol. The molecule has 0 aliphatic rings. The maximum Gasteiger partial charge on any atom is 0.422 e. The molecule has 0 aromatic heterocycles. The molecule has 0 aliphatic heterocycles. The van der Waals surface area contributed by atoms with E-state index < -0.39 is 18.8 Å². The third-order valence-corrected chi connectivity index (χ3v) is 2.11. The van der Waals surface area contributed by atoms with Crippen LogP contribution >= 0.6 is 0 Å². The van der Waals surface area contributed by atoms with E-state index in [1.54, 1.807) is 0 Å². The summed E-state index contributed by atoms with van der Waals surface area (Å²) in [7, 11) is 0. The van der Waals surface area contributed by atoms with Crippen molar-refractivity contribution in [3.8, 4) is 5.75 Å². The number of nitrogens with one attached hydrogen (secondary N) is 2. The van der Waals surface area contributed by atoms with Crippen LogP contribution in [0.1, 0.15) is 6.42 Å². The third-order valence-electron chi connectivity index (χ3n) is 2.11. The fraction of sp³-hybridized carbons (Fsp3) is 0.417. The van der Waals surface area contributed by atoms with Gasteiger partial charge in [-0.05, 0) is 18.6 Å². The van der Waals surface area contributed by atoms with Crippen molar-refractivity contribution in [2.45, 2.75) is 12.6 Å². The summed E-state index contributed by atoms with van der Waals surface area (Å²) >= 11 is 0. The molecule has 1 aromatic carbocycles. The molecule has 0 atom stereocenters. The van der Waals surface area contributed by atoms with E-state index in [-0.39, 0.29) is 12.4 Å². The number of carbonyl (C=O) groups excluding carboxylic acids is 1. The second kappa shape index (κ2) is 7.59. The molecule has 0 saturated heterocycles. The average Bonchev–Trinajstić information content (AvgIpc) is 2.36. The number of anilines is 1. The first-order valence-electron chi connectivity index (χ1n) is 5.86. The maximum atomic E-state index is 12.0. The van der Waals surface area contributed by atoms with Gasteiger partial charge < -0.3 is 20.5 Å². The van der Waals surface area contributed by atoms with E-state index in [4.69, 9.17) is 5.11 Å². The standard InChI is InChI=1S/C12H15F3N2O3/c13-12(14,15)8-20-10-4-1-3-9(7-10)17-11(19)16-5-2-6-18/h1,3-4,7,18H,2,5-6,8H2,(H2,16,17,19).